The molecule has 1 aromatic heterocycles. The van der Waals surface area contributed by atoms with Gasteiger partial charge >= 0.3 is 0 Å². The predicted molar refractivity (Wildman–Crippen MR) is 128 cm³/mol. The van der Waals surface area contributed by atoms with Crippen LogP contribution in [0.15, 0.2) is 70.0 Å². The van der Waals surface area contributed by atoms with Crippen LogP contribution >= 0.6 is 23.4 Å². The summed E-state index contributed by atoms with van der Waals surface area (Å²) in [4.78, 5) is 38.5. The smallest absolute Gasteiger partial charge is 0.294 e. The molecule has 9 heteroatoms. The number of rotatable bonds is 7. The minimum Gasteiger partial charge on any atom is -0.494 e. The number of thioether (sulfide) groups is 1. The highest BCUT2D eigenvalue weighted by atomic mass is 35.5. The number of hydrogen-bond donors (Lipinski definition) is 1. The number of nitrogens with zero attached hydrogens (tertiary/aromatic N) is 1. The molecule has 4 rings (SSSR count). The third kappa shape index (κ3) is 5.47. The van der Waals surface area contributed by atoms with Gasteiger partial charge in [-0.15, -0.1) is 0 Å². The molecule has 1 aliphatic heterocycles. The SMILES string of the molecule is CCOc1ccc(NC(=O)CN2C(=O)S/C(=C/c3ccc(-c4cccc(Cl)c4)o3)C2=O)cc1. The van der Waals surface area contributed by atoms with Crippen molar-refractivity contribution in [1.82, 2.24) is 4.90 Å². The highest BCUT2D eigenvalue weighted by molar-refractivity contribution is 8.18. The van der Waals surface area contributed by atoms with Gasteiger partial charge in [-0.1, -0.05) is 23.7 Å². The Bertz CT molecular complexity index is 1240. The van der Waals surface area contributed by atoms with Crippen molar-refractivity contribution in [2.75, 3.05) is 18.5 Å². The molecule has 0 spiro atoms. The number of nitrogens with one attached hydrogen (secondary N) is 1. The minimum absolute atomic E-state index is 0.181. The summed E-state index contributed by atoms with van der Waals surface area (Å²) in [6.07, 6.45) is 1.49. The van der Waals surface area contributed by atoms with Crippen molar-refractivity contribution in [3.63, 3.8) is 0 Å². The zero-order valence-corrected chi connectivity index (χ0v) is 19.1. The average Bonchev–Trinajstić information content (AvgIpc) is 3.36. The molecule has 3 amide bonds. The summed E-state index contributed by atoms with van der Waals surface area (Å²) < 4.78 is 11.1. The lowest BCUT2D eigenvalue weighted by molar-refractivity contribution is -0.127. The topological polar surface area (TPSA) is 88.8 Å². The number of carbonyl (C=O) groups excluding carboxylic acids is 3. The van der Waals surface area contributed by atoms with Gasteiger partial charge in [-0.2, -0.15) is 0 Å². The second-order valence-electron chi connectivity index (χ2n) is 6.99. The van der Waals surface area contributed by atoms with E-state index in [4.69, 9.17) is 20.8 Å². The van der Waals surface area contributed by atoms with Crippen LogP contribution in [0.5, 0.6) is 5.75 Å². The molecule has 0 saturated carbocycles. The van der Waals surface area contributed by atoms with Crippen LogP contribution in [0.2, 0.25) is 5.02 Å². The molecule has 1 aliphatic rings. The normalized spacial score (nSPS) is 14.7. The summed E-state index contributed by atoms with van der Waals surface area (Å²) in [5, 5.41) is 2.73. The van der Waals surface area contributed by atoms with E-state index in [9.17, 15) is 14.4 Å². The number of furan rings is 1. The number of imide groups is 1. The number of halogens is 1. The summed E-state index contributed by atoms with van der Waals surface area (Å²) in [6.45, 7) is 2.03. The number of amides is 3. The van der Waals surface area contributed by atoms with E-state index in [0.29, 0.717) is 34.6 Å². The van der Waals surface area contributed by atoms with Gasteiger partial charge in [-0.05, 0) is 67.2 Å². The molecule has 1 saturated heterocycles. The predicted octanol–water partition coefficient (Wildman–Crippen LogP) is 5.67. The molecule has 0 radical (unpaired) electrons. The Morgan fingerprint density at radius 3 is 2.67 bits per heavy atom. The van der Waals surface area contributed by atoms with Gasteiger partial charge in [-0.3, -0.25) is 19.3 Å². The van der Waals surface area contributed by atoms with E-state index in [-0.39, 0.29) is 11.4 Å². The summed E-state index contributed by atoms with van der Waals surface area (Å²) in [7, 11) is 0. The van der Waals surface area contributed by atoms with Crippen molar-refractivity contribution >= 4 is 52.2 Å². The molecule has 7 nitrogen and oxygen atoms in total. The molecule has 3 aromatic rings. The van der Waals surface area contributed by atoms with Crippen LogP contribution in [-0.4, -0.2) is 35.1 Å². The first-order chi connectivity index (χ1) is 15.9. The molecule has 0 atom stereocenters. The molecule has 0 aliphatic carbocycles. The second kappa shape index (κ2) is 9.97. The maximum Gasteiger partial charge on any atom is 0.294 e. The van der Waals surface area contributed by atoms with Gasteiger partial charge in [0.15, 0.2) is 0 Å². The van der Waals surface area contributed by atoms with Crippen LogP contribution < -0.4 is 10.1 Å². The Kier molecular flexibility index (Phi) is 6.86. The monoisotopic (exact) mass is 482 g/mol. The maximum atomic E-state index is 12.7. The molecule has 1 N–H and O–H groups in total. The van der Waals surface area contributed by atoms with Crippen molar-refractivity contribution in [1.29, 1.82) is 0 Å². The summed E-state index contributed by atoms with van der Waals surface area (Å²) in [6, 6.07) is 17.5. The molecule has 2 aromatic carbocycles. The highest BCUT2D eigenvalue weighted by Crippen LogP contribution is 2.33. The van der Waals surface area contributed by atoms with Gasteiger partial charge in [0.25, 0.3) is 11.1 Å². The Morgan fingerprint density at radius 1 is 1.15 bits per heavy atom. The van der Waals surface area contributed by atoms with Crippen LogP contribution in [0.3, 0.4) is 0 Å². The highest BCUT2D eigenvalue weighted by Gasteiger charge is 2.36. The summed E-state index contributed by atoms with van der Waals surface area (Å²) in [5.41, 5.74) is 1.33. The first kappa shape index (κ1) is 22.7. The first-order valence-electron chi connectivity index (χ1n) is 10.1. The van der Waals surface area contributed by atoms with Crippen LogP contribution in [0.1, 0.15) is 12.7 Å². The van der Waals surface area contributed by atoms with Crippen LogP contribution in [0.25, 0.3) is 17.4 Å². The van der Waals surface area contributed by atoms with Gasteiger partial charge in [0, 0.05) is 22.3 Å². The van der Waals surface area contributed by atoms with E-state index in [2.05, 4.69) is 5.32 Å². The molecule has 0 bridgehead atoms. The van der Waals surface area contributed by atoms with E-state index >= 15 is 0 Å². The molecule has 168 valence electrons. The minimum atomic E-state index is -0.549. The Balaban J connectivity index is 1.41. The quantitative estimate of drug-likeness (QED) is 0.436. The second-order valence-corrected chi connectivity index (χ2v) is 8.42. The van der Waals surface area contributed by atoms with Gasteiger partial charge in [-0.25, -0.2) is 0 Å². The molecule has 2 heterocycles. The maximum absolute atomic E-state index is 12.7. The lowest BCUT2D eigenvalue weighted by Gasteiger charge is -2.12. The Hall–Kier alpha value is -3.49. The van der Waals surface area contributed by atoms with Crippen molar-refractivity contribution < 1.29 is 23.5 Å². The van der Waals surface area contributed by atoms with E-state index < -0.39 is 17.1 Å². The third-order valence-electron chi connectivity index (χ3n) is 4.63. The van der Waals surface area contributed by atoms with Crippen LogP contribution in [0.4, 0.5) is 10.5 Å². The number of anilines is 1. The lowest BCUT2D eigenvalue weighted by Crippen LogP contribution is -2.36. The average molecular weight is 483 g/mol. The molecule has 0 unspecified atom stereocenters. The number of hydrogen-bond acceptors (Lipinski definition) is 6. The third-order valence-corrected chi connectivity index (χ3v) is 5.78. The molecule has 1 fully saturated rings. The van der Waals surface area contributed by atoms with Gasteiger partial charge < -0.3 is 14.5 Å². The zero-order chi connectivity index (χ0) is 23.4. The standard InChI is InChI=1S/C24H19ClN2O5S/c1-2-31-18-8-6-17(7-9-18)26-22(28)14-27-23(29)21(33-24(27)30)13-19-10-11-20(32-19)15-4-3-5-16(25)12-15/h3-13H,2,14H2,1H3,(H,26,28)/b21-13+. The number of ether oxygens (including phenoxy) is 1. The fraction of sp³-hybridized carbons (Fsp3) is 0.125. The molecular weight excluding hydrogens is 464 g/mol. The first-order valence-corrected chi connectivity index (χ1v) is 11.3. The zero-order valence-electron chi connectivity index (χ0n) is 17.5. The fourth-order valence-corrected chi connectivity index (χ4v) is 4.15. The lowest BCUT2D eigenvalue weighted by atomic mass is 10.2. The largest absolute Gasteiger partial charge is 0.494 e. The van der Waals surface area contributed by atoms with Gasteiger partial charge in [0.2, 0.25) is 5.91 Å². The molecular formula is C24H19ClN2O5S. The fourth-order valence-electron chi connectivity index (χ4n) is 3.14. The van der Waals surface area contributed by atoms with E-state index in [1.54, 1.807) is 48.5 Å². The van der Waals surface area contributed by atoms with Gasteiger partial charge in [0.05, 0.1) is 11.5 Å². The van der Waals surface area contributed by atoms with Crippen molar-refractivity contribution in [3.8, 4) is 17.1 Å². The van der Waals surface area contributed by atoms with Crippen LogP contribution in [-0.2, 0) is 9.59 Å². The van der Waals surface area contributed by atoms with Crippen molar-refractivity contribution in [2.24, 2.45) is 0 Å². The van der Waals surface area contributed by atoms with Gasteiger partial charge in [0.1, 0.15) is 23.8 Å². The van der Waals surface area contributed by atoms with Crippen LogP contribution in [0, 0.1) is 0 Å². The Labute approximate surface area is 199 Å². The van der Waals surface area contributed by atoms with E-state index in [0.717, 1.165) is 22.2 Å². The Morgan fingerprint density at radius 2 is 1.94 bits per heavy atom. The number of carbonyl (C=O) groups is 3. The summed E-state index contributed by atoms with van der Waals surface area (Å²) in [5.74, 6) is 0.645. The van der Waals surface area contributed by atoms with E-state index in [1.165, 1.54) is 6.08 Å². The van der Waals surface area contributed by atoms with E-state index in [1.807, 2.05) is 19.1 Å². The molecule has 33 heavy (non-hydrogen) atoms. The van der Waals surface area contributed by atoms with Crippen molar-refractivity contribution in [2.45, 2.75) is 6.92 Å². The number of benzene rings is 2. The summed E-state index contributed by atoms with van der Waals surface area (Å²) >= 11 is 6.78. The van der Waals surface area contributed by atoms with Crippen molar-refractivity contribution in [3.05, 3.63) is 76.4 Å².